The molecule has 134 valence electrons. The topological polar surface area (TPSA) is 79.0 Å². The summed E-state index contributed by atoms with van der Waals surface area (Å²) >= 11 is 5.86. The summed E-state index contributed by atoms with van der Waals surface area (Å²) in [5.41, 5.74) is 1.50. The second-order valence-electron chi connectivity index (χ2n) is 5.12. The summed E-state index contributed by atoms with van der Waals surface area (Å²) < 4.78 is 16.0. The van der Waals surface area contributed by atoms with Crippen molar-refractivity contribution in [3.63, 3.8) is 0 Å². The fourth-order valence-electron chi connectivity index (χ4n) is 2.15. The van der Waals surface area contributed by atoms with Crippen molar-refractivity contribution in [2.24, 2.45) is 5.16 Å². The van der Waals surface area contributed by atoms with Crippen LogP contribution in [0.15, 0.2) is 52.0 Å². The molecule has 0 aliphatic rings. The zero-order valence-corrected chi connectivity index (χ0v) is 14.9. The van der Waals surface area contributed by atoms with E-state index in [1.807, 2.05) is 0 Å². The highest BCUT2D eigenvalue weighted by Crippen LogP contribution is 2.23. The highest BCUT2D eigenvalue weighted by molar-refractivity contribution is 6.30. The first-order chi connectivity index (χ1) is 12.7. The Bertz CT molecular complexity index is 894. The fourth-order valence-corrected chi connectivity index (χ4v) is 2.27. The van der Waals surface area contributed by atoms with Gasteiger partial charge in [0, 0.05) is 16.1 Å². The zero-order chi connectivity index (χ0) is 18.4. The molecule has 0 fully saturated rings. The second kappa shape index (κ2) is 8.35. The summed E-state index contributed by atoms with van der Waals surface area (Å²) in [5, 5.41) is 12.4. The van der Waals surface area contributed by atoms with Crippen LogP contribution in [-0.4, -0.2) is 30.6 Å². The van der Waals surface area contributed by atoms with Crippen molar-refractivity contribution >= 4 is 17.8 Å². The number of hydrogen-bond acceptors (Lipinski definition) is 7. The van der Waals surface area contributed by atoms with E-state index >= 15 is 0 Å². The molecule has 0 unspecified atom stereocenters. The van der Waals surface area contributed by atoms with E-state index in [0.29, 0.717) is 28.3 Å². The Labute approximate surface area is 155 Å². The SMILES string of the molecule is COc1ccc(OC)c(/C=N\OCc2nnc(-c3ccc(Cl)cc3)o2)c1. The first kappa shape index (κ1) is 17.8. The highest BCUT2D eigenvalue weighted by atomic mass is 35.5. The third-order valence-corrected chi connectivity index (χ3v) is 3.70. The van der Waals surface area contributed by atoms with Crippen LogP contribution in [0.3, 0.4) is 0 Å². The summed E-state index contributed by atoms with van der Waals surface area (Å²) in [6.45, 7) is 0.0450. The summed E-state index contributed by atoms with van der Waals surface area (Å²) in [4.78, 5) is 5.22. The molecule has 0 saturated heterocycles. The van der Waals surface area contributed by atoms with E-state index in [0.717, 1.165) is 11.1 Å². The Balaban J connectivity index is 1.62. The molecule has 1 aromatic heterocycles. The normalized spacial score (nSPS) is 10.9. The first-order valence-electron chi connectivity index (χ1n) is 7.65. The van der Waals surface area contributed by atoms with Gasteiger partial charge in [0.2, 0.25) is 5.89 Å². The number of hydrogen-bond donors (Lipinski definition) is 0. The molecule has 7 nitrogen and oxygen atoms in total. The Morgan fingerprint density at radius 2 is 1.88 bits per heavy atom. The van der Waals surface area contributed by atoms with Gasteiger partial charge >= 0.3 is 0 Å². The monoisotopic (exact) mass is 373 g/mol. The van der Waals surface area contributed by atoms with Crippen molar-refractivity contribution in [2.45, 2.75) is 6.61 Å². The first-order valence-corrected chi connectivity index (χ1v) is 8.03. The molecule has 0 N–H and O–H groups in total. The Morgan fingerprint density at radius 3 is 2.62 bits per heavy atom. The second-order valence-corrected chi connectivity index (χ2v) is 5.56. The number of oxime groups is 1. The zero-order valence-electron chi connectivity index (χ0n) is 14.2. The molecule has 3 aromatic rings. The van der Waals surface area contributed by atoms with Crippen molar-refractivity contribution in [1.82, 2.24) is 10.2 Å². The number of halogens is 1. The van der Waals surface area contributed by atoms with E-state index < -0.39 is 0 Å². The van der Waals surface area contributed by atoms with Crippen LogP contribution in [0, 0.1) is 0 Å². The van der Waals surface area contributed by atoms with E-state index in [1.165, 1.54) is 6.21 Å². The number of ether oxygens (including phenoxy) is 2. The molecule has 0 atom stereocenters. The van der Waals surface area contributed by atoms with Crippen molar-refractivity contribution < 1.29 is 18.7 Å². The minimum atomic E-state index is 0.0450. The van der Waals surface area contributed by atoms with Crippen LogP contribution in [0.25, 0.3) is 11.5 Å². The third-order valence-electron chi connectivity index (χ3n) is 3.45. The molecule has 1 heterocycles. The maximum atomic E-state index is 5.86. The molecular weight excluding hydrogens is 358 g/mol. The minimum Gasteiger partial charge on any atom is -0.497 e. The van der Waals surface area contributed by atoms with Crippen molar-refractivity contribution in [1.29, 1.82) is 0 Å². The number of rotatable bonds is 7. The Morgan fingerprint density at radius 1 is 1.08 bits per heavy atom. The fraction of sp³-hybridized carbons (Fsp3) is 0.167. The summed E-state index contributed by atoms with van der Waals surface area (Å²) in [7, 11) is 3.17. The predicted molar refractivity (Wildman–Crippen MR) is 96.7 cm³/mol. The van der Waals surface area contributed by atoms with Crippen LogP contribution in [0.4, 0.5) is 0 Å². The van der Waals surface area contributed by atoms with Crippen molar-refractivity contribution in [2.75, 3.05) is 14.2 Å². The van der Waals surface area contributed by atoms with E-state index in [-0.39, 0.29) is 6.61 Å². The molecule has 0 aliphatic heterocycles. The summed E-state index contributed by atoms with van der Waals surface area (Å²) in [6.07, 6.45) is 1.53. The van der Waals surface area contributed by atoms with Crippen LogP contribution in [0.2, 0.25) is 5.02 Å². The van der Waals surface area contributed by atoms with E-state index in [2.05, 4.69) is 15.4 Å². The van der Waals surface area contributed by atoms with Crippen LogP contribution in [0.1, 0.15) is 11.5 Å². The van der Waals surface area contributed by atoms with E-state index in [9.17, 15) is 0 Å². The van der Waals surface area contributed by atoms with Crippen LogP contribution >= 0.6 is 11.6 Å². The molecule has 8 heteroatoms. The molecule has 3 rings (SSSR count). The van der Waals surface area contributed by atoms with Gasteiger partial charge in [-0.2, -0.15) is 0 Å². The summed E-state index contributed by atoms with van der Waals surface area (Å²) in [6, 6.07) is 12.5. The molecule has 2 aromatic carbocycles. The molecule has 0 spiro atoms. The highest BCUT2D eigenvalue weighted by Gasteiger charge is 2.09. The average Bonchev–Trinajstić information content (AvgIpc) is 3.14. The van der Waals surface area contributed by atoms with E-state index in [4.69, 9.17) is 30.3 Å². The average molecular weight is 374 g/mol. The number of methoxy groups -OCH3 is 2. The molecule has 0 aliphatic carbocycles. The van der Waals surface area contributed by atoms with Gasteiger partial charge in [0.1, 0.15) is 11.5 Å². The van der Waals surface area contributed by atoms with Gasteiger partial charge in [-0.15, -0.1) is 10.2 Å². The van der Waals surface area contributed by atoms with Crippen LogP contribution < -0.4 is 9.47 Å². The number of aromatic nitrogens is 2. The van der Waals surface area contributed by atoms with Gasteiger partial charge in [0.15, 0.2) is 6.61 Å². The molecule has 0 radical (unpaired) electrons. The van der Waals surface area contributed by atoms with Crippen LogP contribution in [-0.2, 0) is 11.4 Å². The lowest BCUT2D eigenvalue weighted by Crippen LogP contribution is -1.94. The predicted octanol–water partition coefficient (Wildman–Crippen LogP) is 3.96. The van der Waals surface area contributed by atoms with Gasteiger partial charge < -0.3 is 18.7 Å². The standard InChI is InChI=1S/C18H16ClN3O4/c1-23-15-7-8-16(24-2)13(9-15)10-20-25-11-17-21-22-18(26-17)12-3-5-14(19)6-4-12/h3-10H,11H2,1-2H3/b20-10-. The minimum absolute atomic E-state index is 0.0450. The Hall–Kier alpha value is -3.06. The van der Waals surface area contributed by atoms with Crippen LogP contribution in [0.5, 0.6) is 11.5 Å². The maximum absolute atomic E-state index is 5.86. The molecule has 0 amide bonds. The smallest absolute Gasteiger partial charge is 0.257 e. The van der Waals surface area contributed by atoms with E-state index in [1.54, 1.807) is 56.7 Å². The van der Waals surface area contributed by atoms with Crippen molar-refractivity contribution in [3.05, 3.63) is 58.9 Å². The lowest BCUT2D eigenvalue weighted by atomic mass is 10.2. The van der Waals surface area contributed by atoms with Crippen molar-refractivity contribution in [3.8, 4) is 23.0 Å². The largest absolute Gasteiger partial charge is 0.497 e. The summed E-state index contributed by atoms with van der Waals surface area (Å²) in [5.74, 6) is 2.04. The Kier molecular flexibility index (Phi) is 5.70. The lowest BCUT2D eigenvalue weighted by Gasteiger charge is -2.06. The third kappa shape index (κ3) is 4.31. The lowest BCUT2D eigenvalue weighted by molar-refractivity contribution is 0.112. The van der Waals surface area contributed by atoms with Gasteiger partial charge in [-0.25, -0.2) is 0 Å². The number of nitrogens with zero attached hydrogens (tertiary/aromatic N) is 3. The van der Waals surface area contributed by atoms with Gasteiger partial charge in [-0.05, 0) is 42.5 Å². The molecular formula is C18H16ClN3O4. The quantitative estimate of drug-likeness (QED) is 0.460. The van der Waals surface area contributed by atoms with Gasteiger partial charge in [0.05, 0.1) is 20.4 Å². The number of benzene rings is 2. The molecule has 0 bridgehead atoms. The van der Waals surface area contributed by atoms with Gasteiger partial charge in [-0.3, -0.25) is 0 Å². The van der Waals surface area contributed by atoms with Gasteiger partial charge in [0.25, 0.3) is 5.89 Å². The molecule has 26 heavy (non-hydrogen) atoms. The molecule has 0 saturated carbocycles. The maximum Gasteiger partial charge on any atom is 0.257 e. The van der Waals surface area contributed by atoms with Gasteiger partial charge in [-0.1, -0.05) is 16.8 Å².